The second-order valence-electron chi connectivity index (χ2n) is 3.60. The number of alkyl halides is 1. The maximum atomic E-state index is 5.70. The number of halogens is 1. The monoisotopic (exact) mass is 238 g/mol. The van der Waals surface area contributed by atoms with E-state index in [0.29, 0.717) is 11.1 Å². The number of hydrogen-bond donors (Lipinski definition) is 0. The summed E-state index contributed by atoms with van der Waals surface area (Å²) in [6, 6.07) is 0. The fourth-order valence-electron chi connectivity index (χ4n) is 1.50. The van der Waals surface area contributed by atoms with Crippen LogP contribution in [0.1, 0.15) is 27.7 Å². The SMILES string of the molecule is CO[Si](CBr)(C(C)C)C(C)C. The first-order valence-corrected chi connectivity index (χ1v) is 7.51. The van der Waals surface area contributed by atoms with E-state index in [0.717, 1.165) is 4.95 Å². The molecule has 0 radical (unpaired) electrons. The van der Waals surface area contributed by atoms with Crippen molar-refractivity contribution in [3.8, 4) is 0 Å². The van der Waals surface area contributed by atoms with Gasteiger partial charge < -0.3 is 4.43 Å². The van der Waals surface area contributed by atoms with Gasteiger partial charge in [-0.25, -0.2) is 0 Å². The van der Waals surface area contributed by atoms with Crippen molar-refractivity contribution in [3.63, 3.8) is 0 Å². The molecule has 0 amide bonds. The normalized spacial score (nSPS) is 13.1. The van der Waals surface area contributed by atoms with Crippen molar-refractivity contribution in [2.24, 2.45) is 0 Å². The van der Waals surface area contributed by atoms with Crippen molar-refractivity contribution in [2.75, 3.05) is 12.1 Å². The average Bonchev–Trinajstić information content (AvgIpc) is 1.90. The molecular formula is C8H19BrOSi. The van der Waals surface area contributed by atoms with E-state index in [1.54, 1.807) is 0 Å². The molecule has 0 heterocycles. The molecule has 0 aromatic carbocycles. The highest BCUT2D eigenvalue weighted by Crippen LogP contribution is 2.33. The van der Waals surface area contributed by atoms with Crippen molar-refractivity contribution in [3.05, 3.63) is 0 Å². The maximum Gasteiger partial charge on any atom is 0.207 e. The Bertz CT molecular complexity index is 101. The van der Waals surface area contributed by atoms with Crippen LogP contribution in [0.25, 0.3) is 0 Å². The largest absolute Gasteiger partial charge is 0.419 e. The first kappa shape index (κ1) is 11.7. The summed E-state index contributed by atoms with van der Waals surface area (Å²) in [5, 5.41) is 0. The van der Waals surface area contributed by atoms with E-state index in [1.165, 1.54) is 0 Å². The van der Waals surface area contributed by atoms with Crippen molar-refractivity contribution < 1.29 is 4.43 Å². The molecule has 0 aliphatic carbocycles. The lowest BCUT2D eigenvalue weighted by atomic mass is 10.5. The van der Waals surface area contributed by atoms with E-state index in [4.69, 9.17) is 4.43 Å². The molecule has 0 aliphatic rings. The summed E-state index contributed by atoms with van der Waals surface area (Å²) in [6.45, 7) is 9.04. The molecule has 68 valence electrons. The highest BCUT2D eigenvalue weighted by Gasteiger charge is 2.39. The molecule has 0 aromatic rings. The third-order valence-corrected chi connectivity index (χ3v) is 10.3. The van der Waals surface area contributed by atoms with Gasteiger partial charge in [0.05, 0.1) is 0 Å². The zero-order valence-electron chi connectivity index (χ0n) is 8.15. The summed E-state index contributed by atoms with van der Waals surface area (Å²) in [6.07, 6.45) is 0. The van der Waals surface area contributed by atoms with Crippen LogP contribution in [0.15, 0.2) is 0 Å². The highest BCUT2D eigenvalue weighted by molar-refractivity contribution is 9.09. The Hall–Kier alpha value is 0.657. The molecule has 0 aliphatic heterocycles. The van der Waals surface area contributed by atoms with Gasteiger partial charge in [0.15, 0.2) is 0 Å². The molecule has 1 nitrogen and oxygen atoms in total. The molecule has 0 saturated carbocycles. The van der Waals surface area contributed by atoms with Crippen LogP contribution in [0.5, 0.6) is 0 Å². The Labute approximate surface area is 79.8 Å². The highest BCUT2D eigenvalue weighted by atomic mass is 79.9. The van der Waals surface area contributed by atoms with Crippen LogP contribution in [0.4, 0.5) is 0 Å². The van der Waals surface area contributed by atoms with Gasteiger partial charge in [0.1, 0.15) is 0 Å². The first-order chi connectivity index (χ1) is 5.01. The van der Waals surface area contributed by atoms with Crippen LogP contribution in [0.2, 0.25) is 11.1 Å². The maximum absolute atomic E-state index is 5.70. The minimum atomic E-state index is -1.48. The van der Waals surface area contributed by atoms with Gasteiger partial charge in [-0.3, -0.25) is 0 Å². The molecule has 0 spiro atoms. The van der Waals surface area contributed by atoms with Crippen LogP contribution in [0.3, 0.4) is 0 Å². The van der Waals surface area contributed by atoms with E-state index in [2.05, 4.69) is 43.6 Å². The van der Waals surface area contributed by atoms with Crippen molar-refractivity contribution in [1.29, 1.82) is 0 Å². The molecule has 0 N–H and O–H groups in total. The molecule has 3 heteroatoms. The van der Waals surface area contributed by atoms with Gasteiger partial charge in [-0.2, -0.15) is 0 Å². The van der Waals surface area contributed by atoms with Crippen molar-refractivity contribution in [2.45, 2.75) is 38.8 Å². The minimum Gasteiger partial charge on any atom is -0.419 e. The summed E-state index contributed by atoms with van der Waals surface area (Å²) in [5.41, 5.74) is 1.37. The topological polar surface area (TPSA) is 9.23 Å². The zero-order chi connectivity index (χ0) is 9.07. The van der Waals surface area contributed by atoms with Crippen LogP contribution in [-0.2, 0) is 4.43 Å². The Morgan fingerprint density at radius 2 is 1.55 bits per heavy atom. The number of rotatable bonds is 4. The quantitative estimate of drug-likeness (QED) is 0.540. The van der Waals surface area contributed by atoms with E-state index < -0.39 is 8.32 Å². The second-order valence-corrected chi connectivity index (χ2v) is 10.2. The molecule has 0 unspecified atom stereocenters. The molecule has 0 atom stereocenters. The van der Waals surface area contributed by atoms with Crippen LogP contribution >= 0.6 is 15.9 Å². The van der Waals surface area contributed by atoms with E-state index in [9.17, 15) is 0 Å². The van der Waals surface area contributed by atoms with Crippen LogP contribution in [-0.4, -0.2) is 20.4 Å². The summed E-state index contributed by atoms with van der Waals surface area (Å²) in [5.74, 6) is 0. The van der Waals surface area contributed by atoms with E-state index >= 15 is 0 Å². The van der Waals surface area contributed by atoms with Gasteiger partial charge in [0, 0.05) is 12.1 Å². The van der Waals surface area contributed by atoms with Gasteiger partial charge >= 0.3 is 0 Å². The molecule has 0 fully saturated rings. The predicted molar refractivity (Wildman–Crippen MR) is 56.8 cm³/mol. The number of hydrogen-bond acceptors (Lipinski definition) is 1. The summed E-state index contributed by atoms with van der Waals surface area (Å²) < 4.78 is 5.70. The summed E-state index contributed by atoms with van der Waals surface area (Å²) in [7, 11) is 0.373. The molecule has 0 rings (SSSR count). The molecular weight excluding hydrogens is 220 g/mol. The Morgan fingerprint density at radius 1 is 1.18 bits per heavy atom. The van der Waals surface area contributed by atoms with Gasteiger partial charge in [-0.15, -0.1) is 0 Å². The smallest absolute Gasteiger partial charge is 0.207 e. The summed E-state index contributed by atoms with van der Waals surface area (Å²) >= 11 is 3.57. The van der Waals surface area contributed by atoms with Crippen molar-refractivity contribution >= 4 is 24.2 Å². The van der Waals surface area contributed by atoms with Crippen LogP contribution < -0.4 is 0 Å². The fourth-order valence-corrected chi connectivity index (χ4v) is 9.08. The lowest BCUT2D eigenvalue weighted by molar-refractivity contribution is 0.377. The minimum absolute atomic E-state index is 0.687. The van der Waals surface area contributed by atoms with Gasteiger partial charge in [-0.1, -0.05) is 43.6 Å². The second kappa shape index (κ2) is 4.63. The Kier molecular flexibility index (Phi) is 4.90. The fraction of sp³-hybridized carbons (Fsp3) is 1.00. The van der Waals surface area contributed by atoms with E-state index in [-0.39, 0.29) is 0 Å². The van der Waals surface area contributed by atoms with Crippen molar-refractivity contribution in [1.82, 2.24) is 0 Å². The third kappa shape index (κ3) is 2.29. The molecule has 0 aromatic heterocycles. The zero-order valence-corrected chi connectivity index (χ0v) is 10.7. The first-order valence-electron chi connectivity index (χ1n) is 4.12. The molecule has 0 saturated heterocycles. The van der Waals surface area contributed by atoms with Gasteiger partial charge in [0.2, 0.25) is 8.32 Å². The Balaban J connectivity index is 4.46. The van der Waals surface area contributed by atoms with E-state index in [1.807, 2.05) is 7.11 Å². The van der Waals surface area contributed by atoms with Crippen LogP contribution in [0, 0.1) is 0 Å². The molecule has 0 bridgehead atoms. The molecule has 11 heavy (non-hydrogen) atoms. The summed E-state index contributed by atoms with van der Waals surface area (Å²) in [4.78, 5) is 1.05. The lowest BCUT2D eigenvalue weighted by Gasteiger charge is -2.35. The van der Waals surface area contributed by atoms with Gasteiger partial charge in [0.25, 0.3) is 0 Å². The Morgan fingerprint density at radius 3 is 1.55 bits per heavy atom. The standard InChI is InChI=1S/C8H19BrOSi/c1-7(2)11(6-9,10-5)8(3)4/h7-8H,6H2,1-5H3. The average molecular weight is 239 g/mol. The predicted octanol–water partition coefficient (Wildman–Crippen LogP) is 3.33. The lowest BCUT2D eigenvalue weighted by Crippen LogP contribution is -2.46. The third-order valence-electron chi connectivity index (χ3n) is 2.54. The van der Waals surface area contributed by atoms with Gasteiger partial charge in [-0.05, 0) is 11.1 Å².